The normalized spacial score (nSPS) is 12.2. The molecular formula is C22H26F2N4O2. The number of carbonyl (C=O) groups excluding carboxylic acids is 1. The third kappa shape index (κ3) is 4.59. The first-order valence-electron chi connectivity index (χ1n) is 10.0. The number of fused-ring (bicyclic) bond motifs is 1. The van der Waals surface area contributed by atoms with E-state index in [0.29, 0.717) is 29.3 Å². The van der Waals surface area contributed by atoms with Crippen LogP contribution in [0.3, 0.4) is 0 Å². The summed E-state index contributed by atoms with van der Waals surface area (Å²) >= 11 is 0. The van der Waals surface area contributed by atoms with Gasteiger partial charge in [-0.15, -0.1) is 0 Å². The molecule has 0 unspecified atom stereocenters. The van der Waals surface area contributed by atoms with Crippen molar-refractivity contribution in [2.24, 2.45) is 5.73 Å². The quantitative estimate of drug-likeness (QED) is 0.557. The summed E-state index contributed by atoms with van der Waals surface area (Å²) in [5.74, 6) is -1.31. The van der Waals surface area contributed by atoms with E-state index in [0.717, 1.165) is 19.3 Å². The fourth-order valence-corrected chi connectivity index (χ4v) is 3.32. The van der Waals surface area contributed by atoms with E-state index in [9.17, 15) is 13.6 Å². The van der Waals surface area contributed by atoms with Crippen LogP contribution in [0.5, 0.6) is 5.75 Å². The molecule has 160 valence electrons. The minimum absolute atomic E-state index is 0.120. The highest BCUT2D eigenvalue weighted by Crippen LogP contribution is 2.24. The molecule has 0 bridgehead atoms. The van der Waals surface area contributed by atoms with Crippen molar-refractivity contribution in [3.63, 3.8) is 0 Å². The number of hydrogen-bond donors (Lipinski definition) is 2. The van der Waals surface area contributed by atoms with Crippen molar-refractivity contribution >= 4 is 11.6 Å². The predicted octanol–water partition coefficient (Wildman–Crippen LogP) is 3.75. The minimum atomic E-state index is -0.679. The Morgan fingerprint density at radius 2 is 2.00 bits per heavy atom. The molecule has 1 aromatic carbocycles. The van der Waals surface area contributed by atoms with Gasteiger partial charge in [-0.2, -0.15) is 0 Å². The highest BCUT2D eigenvalue weighted by molar-refractivity contribution is 5.95. The molecule has 2 heterocycles. The average molecular weight is 416 g/mol. The molecule has 6 nitrogen and oxygen atoms in total. The Morgan fingerprint density at radius 3 is 2.67 bits per heavy atom. The number of imidazole rings is 1. The van der Waals surface area contributed by atoms with Gasteiger partial charge in [-0.25, -0.2) is 13.8 Å². The molecule has 0 spiro atoms. The van der Waals surface area contributed by atoms with E-state index >= 15 is 0 Å². The minimum Gasteiger partial charge on any atom is -0.485 e. The number of aromatic nitrogens is 2. The molecule has 1 amide bonds. The molecule has 0 aliphatic carbocycles. The van der Waals surface area contributed by atoms with Gasteiger partial charge in [-0.3, -0.25) is 9.20 Å². The maximum Gasteiger partial charge on any atom is 0.270 e. The van der Waals surface area contributed by atoms with Crippen LogP contribution in [0.2, 0.25) is 0 Å². The molecule has 3 N–H and O–H groups in total. The van der Waals surface area contributed by atoms with Gasteiger partial charge in [0, 0.05) is 18.8 Å². The van der Waals surface area contributed by atoms with Gasteiger partial charge >= 0.3 is 0 Å². The summed E-state index contributed by atoms with van der Waals surface area (Å²) in [5.41, 5.74) is 6.92. The van der Waals surface area contributed by atoms with Crippen LogP contribution in [0.25, 0.3) is 5.65 Å². The topological polar surface area (TPSA) is 81.6 Å². The van der Waals surface area contributed by atoms with Crippen LogP contribution >= 0.6 is 0 Å². The van der Waals surface area contributed by atoms with Crippen molar-refractivity contribution in [3.05, 3.63) is 65.1 Å². The Morgan fingerprint density at radius 1 is 1.27 bits per heavy atom. The lowest BCUT2D eigenvalue weighted by Crippen LogP contribution is -2.40. The summed E-state index contributed by atoms with van der Waals surface area (Å²) in [6.07, 6.45) is 4.49. The van der Waals surface area contributed by atoms with Crippen LogP contribution in [0.1, 0.15) is 47.9 Å². The highest BCUT2D eigenvalue weighted by atomic mass is 19.1. The molecule has 3 aromatic rings. The molecule has 1 atom stereocenters. The van der Waals surface area contributed by atoms with Crippen LogP contribution in [-0.4, -0.2) is 27.9 Å². The maximum absolute atomic E-state index is 13.9. The lowest BCUT2D eigenvalue weighted by Gasteiger charge is -2.16. The zero-order valence-corrected chi connectivity index (χ0v) is 17.1. The van der Waals surface area contributed by atoms with Crippen molar-refractivity contribution < 1.29 is 18.3 Å². The molecule has 0 aliphatic rings. The van der Waals surface area contributed by atoms with E-state index in [1.54, 1.807) is 29.7 Å². The van der Waals surface area contributed by atoms with Crippen molar-refractivity contribution in [2.45, 2.75) is 45.8 Å². The first-order chi connectivity index (χ1) is 14.5. The Kier molecular flexibility index (Phi) is 6.99. The number of rotatable bonds is 9. The first kappa shape index (κ1) is 21.7. The van der Waals surface area contributed by atoms with E-state index < -0.39 is 11.6 Å². The van der Waals surface area contributed by atoms with Crippen LogP contribution in [0, 0.1) is 18.6 Å². The van der Waals surface area contributed by atoms with Crippen molar-refractivity contribution in [2.75, 3.05) is 6.54 Å². The van der Waals surface area contributed by atoms with E-state index in [2.05, 4.69) is 17.2 Å². The van der Waals surface area contributed by atoms with E-state index in [1.807, 2.05) is 0 Å². The van der Waals surface area contributed by atoms with Gasteiger partial charge in [0.15, 0.2) is 11.4 Å². The van der Waals surface area contributed by atoms with Crippen LogP contribution in [0.15, 0.2) is 36.5 Å². The Balaban J connectivity index is 1.85. The molecule has 2 aromatic heterocycles. The van der Waals surface area contributed by atoms with Crippen molar-refractivity contribution in [1.82, 2.24) is 14.7 Å². The van der Waals surface area contributed by atoms with Gasteiger partial charge in [0.2, 0.25) is 0 Å². The van der Waals surface area contributed by atoms with Gasteiger partial charge in [0.1, 0.15) is 23.9 Å². The number of aryl methyl sites for hydroxylation is 1. The van der Waals surface area contributed by atoms with Crippen molar-refractivity contribution in [1.29, 1.82) is 0 Å². The average Bonchev–Trinajstić information content (AvgIpc) is 3.07. The molecule has 8 heteroatoms. The van der Waals surface area contributed by atoms with E-state index in [4.69, 9.17) is 10.5 Å². The molecule has 0 saturated carbocycles. The zero-order chi connectivity index (χ0) is 21.7. The molecule has 0 radical (unpaired) electrons. The number of carbonyl (C=O) groups is 1. The zero-order valence-electron chi connectivity index (χ0n) is 17.1. The second-order valence-electron chi connectivity index (χ2n) is 7.15. The number of hydrogen-bond acceptors (Lipinski definition) is 4. The molecular weight excluding hydrogens is 390 g/mol. The predicted molar refractivity (Wildman–Crippen MR) is 110 cm³/mol. The van der Waals surface area contributed by atoms with E-state index in [1.165, 1.54) is 18.2 Å². The first-order valence-corrected chi connectivity index (χ1v) is 10.0. The van der Waals surface area contributed by atoms with E-state index in [-0.39, 0.29) is 24.1 Å². The molecule has 0 fully saturated rings. The maximum atomic E-state index is 13.9. The summed E-state index contributed by atoms with van der Waals surface area (Å²) in [5, 5.41) is 2.96. The monoisotopic (exact) mass is 416 g/mol. The number of benzene rings is 1. The fraction of sp³-hybridized carbons (Fsp3) is 0.364. The van der Waals surface area contributed by atoms with Gasteiger partial charge < -0.3 is 15.8 Å². The van der Waals surface area contributed by atoms with Crippen LogP contribution in [0.4, 0.5) is 8.78 Å². The number of amides is 1. The number of ether oxygens (including phenoxy) is 1. The number of pyridine rings is 1. The molecule has 30 heavy (non-hydrogen) atoms. The summed E-state index contributed by atoms with van der Waals surface area (Å²) < 4.78 is 35.0. The van der Waals surface area contributed by atoms with Gasteiger partial charge in [-0.1, -0.05) is 25.8 Å². The standard InChI is InChI=1S/C22H26F2N4O2/c1-3-4-7-15(12-25)27-22(29)20-14(2)26-21-19(10-6-11-28(20)21)30-13-16-17(23)8-5-9-18(16)24/h5-6,8-11,15H,3-4,7,12-13,25H2,1-2H3,(H,27,29)/t15-/m1/s1. The number of unbranched alkanes of at least 4 members (excludes halogenated alkanes) is 1. The number of nitrogens with zero attached hydrogens (tertiary/aromatic N) is 2. The molecule has 3 rings (SSSR count). The van der Waals surface area contributed by atoms with Gasteiger partial charge in [0.25, 0.3) is 5.91 Å². The molecule has 0 aliphatic heterocycles. The summed E-state index contributed by atoms with van der Waals surface area (Å²) in [6.45, 7) is 3.87. The Labute approximate surface area is 174 Å². The smallest absolute Gasteiger partial charge is 0.270 e. The van der Waals surface area contributed by atoms with Crippen molar-refractivity contribution in [3.8, 4) is 5.75 Å². The lowest BCUT2D eigenvalue weighted by atomic mass is 10.1. The fourth-order valence-electron chi connectivity index (χ4n) is 3.32. The number of nitrogens with two attached hydrogens (primary N) is 1. The van der Waals surface area contributed by atoms with Crippen LogP contribution in [-0.2, 0) is 6.61 Å². The largest absolute Gasteiger partial charge is 0.485 e. The lowest BCUT2D eigenvalue weighted by molar-refractivity contribution is 0.0929. The second kappa shape index (κ2) is 9.67. The third-order valence-corrected chi connectivity index (χ3v) is 4.96. The number of halogens is 2. The third-order valence-electron chi connectivity index (χ3n) is 4.96. The summed E-state index contributed by atoms with van der Waals surface area (Å²) in [7, 11) is 0. The Hall–Kier alpha value is -3.00. The van der Waals surface area contributed by atoms with Crippen LogP contribution < -0.4 is 15.8 Å². The second-order valence-corrected chi connectivity index (χ2v) is 7.15. The Bertz CT molecular complexity index is 1020. The molecule has 0 saturated heterocycles. The SMILES string of the molecule is CCCC[C@H](CN)NC(=O)c1c(C)nc2c(OCc3c(F)cccc3F)cccn12. The van der Waals surface area contributed by atoms with Gasteiger partial charge in [0.05, 0.1) is 11.3 Å². The highest BCUT2D eigenvalue weighted by Gasteiger charge is 2.21. The summed E-state index contributed by atoms with van der Waals surface area (Å²) in [4.78, 5) is 17.3. The van der Waals surface area contributed by atoms with Gasteiger partial charge in [-0.05, 0) is 37.6 Å². The number of nitrogens with one attached hydrogen (secondary N) is 1. The summed E-state index contributed by atoms with van der Waals surface area (Å²) in [6, 6.07) is 6.87.